The number of amides is 1. The van der Waals surface area contributed by atoms with Gasteiger partial charge in [-0.15, -0.1) is 5.53 Å². The Kier molecular flexibility index (Phi) is 8.67. The average molecular weight is 572 g/mol. The van der Waals surface area contributed by atoms with Crippen LogP contribution in [-0.4, -0.2) is 61.7 Å². The normalized spacial score (nSPS) is 25.3. The Balaban J connectivity index is 1.30. The molecule has 3 heterocycles. The summed E-state index contributed by atoms with van der Waals surface area (Å²) in [7, 11) is 2.18. The third kappa shape index (κ3) is 6.81. The largest absolute Gasteiger partial charge is 0.368 e. The summed E-state index contributed by atoms with van der Waals surface area (Å²) in [5, 5.41) is 5.20. The molecule has 8 heteroatoms. The summed E-state index contributed by atoms with van der Waals surface area (Å²) in [4.78, 5) is 23.1. The van der Waals surface area contributed by atoms with Crippen molar-refractivity contribution in [3.63, 3.8) is 0 Å². The van der Waals surface area contributed by atoms with Gasteiger partial charge in [-0.3, -0.25) is 14.8 Å². The van der Waals surface area contributed by atoms with Crippen molar-refractivity contribution in [2.45, 2.75) is 60.8 Å². The van der Waals surface area contributed by atoms with Crippen molar-refractivity contribution in [2.75, 3.05) is 50.1 Å². The van der Waals surface area contributed by atoms with E-state index in [0.29, 0.717) is 0 Å². The van der Waals surface area contributed by atoms with Gasteiger partial charge in [-0.25, -0.2) is 0 Å². The van der Waals surface area contributed by atoms with Crippen molar-refractivity contribution in [1.29, 1.82) is 0 Å². The van der Waals surface area contributed by atoms with E-state index in [1.165, 1.54) is 11.3 Å². The van der Waals surface area contributed by atoms with Gasteiger partial charge in [0, 0.05) is 55.8 Å². The average Bonchev–Trinajstić information content (AvgIpc) is 3.38. The number of hydrazine groups is 2. The molecule has 2 unspecified atom stereocenters. The van der Waals surface area contributed by atoms with Gasteiger partial charge in [-0.05, 0) is 73.4 Å². The van der Waals surface area contributed by atoms with Crippen LogP contribution in [0, 0.1) is 23.7 Å². The van der Waals surface area contributed by atoms with Gasteiger partial charge in [0.1, 0.15) is 0 Å². The van der Waals surface area contributed by atoms with Crippen molar-refractivity contribution in [1.82, 2.24) is 20.8 Å². The summed E-state index contributed by atoms with van der Waals surface area (Å²) in [6, 6.07) is 6.09. The van der Waals surface area contributed by atoms with Gasteiger partial charge in [0.05, 0.1) is 23.6 Å². The first-order valence-electron chi connectivity index (χ1n) is 15.5. The van der Waals surface area contributed by atoms with Crippen LogP contribution in [0.25, 0.3) is 0 Å². The van der Waals surface area contributed by atoms with E-state index < -0.39 is 0 Å². The van der Waals surface area contributed by atoms with E-state index in [4.69, 9.17) is 4.99 Å². The van der Waals surface area contributed by atoms with Gasteiger partial charge in [-0.1, -0.05) is 52.8 Å². The molecule has 1 aromatic carbocycles. The molecule has 1 aromatic rings. The van der Waals surface area contributed by atoms with Gasteiger partial charge in [0.15, 0.2) is 0 Å². The first-order valence-corrected chi connectivity index (χ1v) is 15.5. The monoisotopic (exact) mass is 571 g/mol. The SMILES string of the molecule is CCC1(C)C=C(C(C)(C)C)C=C(C(=O)Nc2ccc(C)c(N3C=C(C4C=C(N5CCN(C)CC5)C=NC4)NN3)c2)CC1. The number of carbonyl (C=O) groups excluding carboxylic acids is 1. The molecule has 2 atom stereocenters. The molecule has 0 saturated carbocycles. The van der Waals surface area contributed by atoms with Crippen molar-refractivity contribution in [3.8, 4) is 0 Å². The molecule has 3 aliphatic heterocycles. The molecular formula is C34H49N7O. The number of hydrogen-bond acceptors (Lipinski definition) is 7. The number of dihydropyridines is 1. The van der Waals surface area contributed by atoms with Crippen LogP contribution in [0.15, 0.2) is 70.2 Å². The van der Waals surface area contributed by atoms with Gasteiger partial charge in [0.25, 0.3) is 5.91 Å². The quantitative estimate of drug-likeness (QED) is 0.416. The lowest BCUT2D eigenvalue weighted by Crippen LogP contribution is -2.44. The molecule has 1 amide bonds. The fourth-order valence-corrected chi connectivity index (χ4v) is 5.87. The van der Waals surface area contributed by atoms with Gasteiger partial charge < -0.3 is 20.5 Å². The van der Waals surface area contributed by atoms with E-state index in [2.05, 4.69) is 105 Å². The highest BCUT2D eigenvalue weighted by Gasteiger charge is 2.29. The Hall–Kier alpha value is -3.36. The predicted molar refractivity (Wildman–Crippen MR) is 174 cm³/mol. The number of piperazine rings is 1. The van der Waals surface area contributed by atoms with Crippen molar-refractivity contribution in [3.05, 3.63) is 70.7 Å². The van der Waals surface area contributed by atoms with E-state index in [9.17, 15) is 4.79 Å². The molecule has 0 radical (unpaired) electrons. The van der Waals surface area contributed by atoms with Crippen LogP contribution in [0.2, 0.25) is 0 Å². The molecule has 42 heavy (non-hydrogen) atoms. The minimum atomic E-state index is -0.0225. The van der Waals surface area contributed by atoms with E-state index in [0.717, 1.165) is 80.2 Å². The Labute approximate surface area is 252 Å². The smallest absolute Gasteiger partial charge is 0.251 e. The van der Waals surface area contributed by atoms with Crippen LogP contribution in [0.1, 0.15) is 59.4 Å². The molecule has 5 rings (SSSR count). The number of benzene rings is 1. The maximum atomic E-state index is 13.6. The Morgan fingerprint density at radius 2 is 1.95 bits per heavy atom. The highest BCUT2D eigenvalue weighted by atomic mass is 16.1. The van der Waals surface area contributed by atoms with Crippen molar-refractivity contribution < 1.29 is 4.79 Å². The van der Waals surface area contributed by atoms with Crippen molar-refractivity contribution >= 4 is 23.5 Å². The fourth-order valence-electron chi connectivity index (χ4n) is 5.87. The molecule has 0 spiro atoms. The molecular weight excluding hydrogens is 522 g/mol. The lowest BCUT2D eigenvalue weighted by molar-refractivity contribution is -0.113. The number of aliphatic imine (C=N–C) groups is 1. The zero-order chi connectivity index (χ0) is 30.1. The topological polar surface area (TPSA) is 75.2 Å². The number of nitrogens with one attached hydrogen (secondary N) is 3. The van der Waals surface area contributed by atoms with Crippen LogP contribution in [-0.2, 0) is 4.79 Å². The molecule has 3 N–H and O–H groups in total. The van der Waals surface area contributed by atoms with Crippen LogP contribution in [0.4, 0.5) is 11.4 Å². The predicted octanol–water partition coefficient (Wildman–Crippen LogP) is 5.55. The van der Waals surface area contributed by atoms with Gasteiger partial charge >= 0.3 is 0 Å². The van der Waals surface area contributed by atoms with E-state index in [1.807, 2.05) is 23.4 Å². The minimum Gasteiger partial charge on any atom is -0.368 e. The van der Waals surface area contributed by atoms with Gasteiger partial charge in [0.2, 0.25) is 0 Å². The molecule has 1 saturated heterocycles. The zero-order valence-electron chi connectivity index (χ0n) is 26.6. The second-order valence-corrected chi connectivity index (χ2v) is 13.7. The number of hydrogen-bond donors (Lipinski definition) is 3. The molecule has 0 aromatic heterocycles. The van der Waals surface area contributed by atoms with E-state index >= 15 is 0 Å². The zero-order valence-corrected chi connectivity index (χ0v) is 26.6. The third-order valence-electron chi connectivity index (χ3n) is 9.25. The summed E-state index contributed by atoms with van der Waals surface area (Å²) in [6.45, 7) is 18.2. The maximum Gasteiger partial charge on any atom is 0.251 e. The summed E-state index contributed by atoms with van der Waals surface area (Å²) < 4.78 is 0. The third-order valence-corrected chi connectivity index (χ3v) is 9.25. The molecule has 0 bridgehead atoms. The van der Waals surface area contributed by atoms with Gasteiger partial charge in [-0.2, -0.15) is 0 Å². The minimum absolute atomic E-state index is 0.0219. The molecule has 1 fully saturated rings. The lowest BCUT2D eigenvalue weighted by Gasteiger charge is -2.35. The lowest BCUT2D eigenvalue weighted by atomic mass is 9.78. The van der Waals surface area contributed by atoms with Crippen LogP contribution >= 0.6 is 0 Å². The summed E-state index contributed by atoms with van der Waals surface area (Å²) >= 11 is 0. The number of carbonyl (C=O) groups is 1. The molecule has 1 aliphatic carbocycles. The van der Waals surface area contributed by atoms with Crippen LogP contribution < -0.4 is 21.3 Å². The number of rotatable bonds is 6. The summed E-state index contributed by atoms with van der Waals surface area (Å²) in [5.74, 6) is 0.150. The van der Waals surface area contributed by atoms with Crippen LogP contribution in [0.3, 0.4) is 0 Å². The maximum absolute atomic E-state index is 13.6. The van der Waals surface area contributed by atoms with E-state index in [-0.39, 0.29) is 22.7 Å². The Morgan fingerprint density at radius 1 is 1.19 bits per heavy atom. The fraction of sp³-hybridized carbons (Fsp3) is 0.529. The second kappa shape index (κ2) is 12.1. The first-order chi connectivity index (χ1) is 19.9. The number of nitrogens with zero attached hydrogens (tertiary/aromatic N) is 4. The standard InChI is InChI=1S/C34H49N7O/c1-8-34(6)12-11-25(17-27(20-34)33(3,4)5)32(42)36-28-10-9-24(2)31(19-28)41-23-30(37-38-41)26-18-29(22-35-21-26)40-15-13-39(7)14-16-40/h9-10,17-20,22-23,26,37-38H,8,11-16,21H2,1-7H3,(H,36,42). The second-order valence-electron chi connectivity index (χ2n) is 13.7. The Bertz CT molecular complexity index is 1340. The number of aryl methyl sites for hydroxylation is 1. The number of allylic oxidation sites excluding steroid dienone is 4. The number of likely N-dealkylation sites (N-methyl/N-ethyl adjacent to an activating group) is 1. The summed E-state index contributed by atoms with van der Waals surface area (Å²) in [6.07, 6.45) is 13.8. The van der Waals surface area contributed by atoms with E-state index in [1.54, 1.807) is 0 Å². The number of anilines is 2. The Morgan fingerprint density at radius 3 is 2.67 bits per heavy atom. The van der Waals surface area contributed by atoms with Crippen molar-refractivity contribution in [2.24, 2.45) is 21.7 Å². The highest BCUT2D eigenvalue weighted by molar-refractivity contribution is 6.04. The first kappa shape index (κ1) is 30.1. The molecule has 4 aliphatic rings. The molecule has 8 nitrogen and oxygen atoms in total. The molecule has 226 valence electrons. The summed E-state index contributed by atoms with van der Waals surface area (Å²) in [5.41, 5.74) is 14.0. The van der Waals surface area contributed by atoms with Crippen LogP contribution in [0.5, 0.6) is 0 Å². The highest BCUT2D eigenvalue weighted by Crippen LogP contribution is 2.40.